The molecular weight excluding hydrogens is 328 g/mol. The van der Waals surface area contributed by atoms with E-state index in [1.165, 1.54) is 0 Å². The van der Waals surface area contributed by atoms with Gasteiger partial charge in [0.1, 0.15) is 5.15 Å². The lowest BCUT2D eigenvalue weighted by Gasteiger charge is -2.12. The molecule has 1 aromatic heterocycles. The smallest absolute Gasteiger partial charge is 0.130 e. The van der Waals surface area contributed by atoms with Crippen molar-refractivity contribution >= 4 is 27.5 Å². The first-order valence-electron chi connectivity index (χ1n) is 6.01. The Morgan fingerprint density at radius 1 is 1.37 bits per heavy atom. The molecule has 0 fully saturated rings. The second-order valence-corrected chi connectivity index (χ2v) is 6.03. The molecule has 2 rings (SSSR count). The molecule has 102 valence electrons. The van der Waals surface area contributed by atoms with E-state index in [4.69, 9.17) is 11.6 Å². The van der Waals surface area contributed by atoms with Crippen molar-refractivity contribution in [3.8, 4) is 0 Å². The molecule has 0 bridgehead atoms. The van der Waals surface area contributed by atoms with E-state index in [1.807, 2.05) is 32.0 Å². The lowest BCUT2D eigenvalue weighted by molar-refractivity contribution is 0.178. The van der Waals surface area contributed by atoms with E-state index < -0.39 is 6.10 Å². The van der Waals surface area contributed by atoms with Gasteiger partial charge in [-0.05, 0) is 37.1 Å². The van der Waals surface area contributed by atoms with Crippen molar-refractivity contribution in [2.75, 3.05) is 0 Å². The number of aromatic nitrogens is 2. The van der Waals surface area contributed by atoms with Gasteiger partial charge in [0.05, 0.1) is 11.8 Å². The number of nitrogens with zero attached hydrogens (tertiary/aromatic N) is 2. The van der Waals surface area contributed by atoms with Crippen LogP contribution in [0.3, 0.4) is 0 Å². The summed E-state index contributed by atoms with van der Waals surface area (Å²) in [4.78, 5) is 0. The van der Waals surface area contributed by atoms with Gasteiger partial charge in [0.15, 0.2) is 0 Å². The van der Waals surface area contributed by atoms with Crippen LogP contribution in [0.15, 0.2) is 22.7 Å². The number of hydrogen-bond donors (Lipinski definition) is 1. The maximum atomic E-state index is 10.4. The monoisotopic (exact) mass is 342 g/mol. The van der Waals surface area contributed by atoms with E-state index in [0.717, 1.165) is 26.9 Å². The summed E-state index contributed by atoms with van der Waals surface area (Å²) in [6.07, 6.45) is -0.120. The van der Waals surface area contributed by atoms with E-state index in [1.54, 1.807) is 11.7 Å². The SMILES string of the molecule is Cc1cc(Br)cc(C(O)Cc2c(C)nn(C)c2Cl)c1. The maximum Gasteiger partial charge on any atom is 0.130 e. The molecule has 3 nitrogen and oxygen atoms in total. The van der Waals surface area contributed by atoms with Crippen LogP contribution in [-0.2, 0) is 13.5 Å². The van der Waals surface area contributed by atoms with Gasteiger partial charge in [-0.25, -0.2) is 0 Å². The van der Waals surface area contributed by atoms with Crippen LogP contribution in [0.4, 0.5) is 0 Å². The molecule has 0 aliphatic carbocycles. The van der Waals surface area contributed by atoms with Gasteiger partial charge in [0.25, 0.3) is 0 Å². The third kappa shape index (κ3) is 3.19. The first kappa shape index (κ1) is 14.6. The van der Waals surface area contributed by atoms with Crippen molar-refractivity contribution in [3.63, 3.8) is 0 Å². The highest BCUT2D eigenvalue weighted by Gasteiger charge is 2.17. The van der Waals surface area contributed by atoms with Gasteiger partial charge >= 0.3 is 0 Å². The number of aliphatic hydroxyl groups is 1. The highest BCUT2D eigenvalue weighted by atomic mass is 79.9. The summed E-state index contributed by atoms with van der Waals surface area (Å²) < 4.78 is 2.60. The molecule has 0 amide bonds. The van der Waals surface area contributed by atoms with Gasteiger partial charge in [-0.2, -0.15) is 5.10 Å². The van der Waals surface area contributed by atoms with Gasteiger partial charge in [-0.1, -0.05) is 33.6 Å². The number of benzene rings is 1. The quantitative estimate of drug-likeness (QED) is 0.922. The first-order chi connectivity index (χ1) is 8.88. The average Bonchev–Trinajstić information content (AvgIpc) is 2.54. The van der Waals surface area contributed by atoms with Crippen LogP contribution in [0.25, 0.3) is 0 Å². The Bertz CT molecular complexity index is 589. The normalized spacial score (nSPS) is 12.7. The molecule has 1 heterocycles. The summed E-state index contributed by atoms with van der Waals surface area (Å²) in [5, 5.41) is 15.2. The lowest BCUT2D eigenvalue weighted by Crippen LogP contribution is -2.03. The fourth-order valence-corrected chi connectivity index (χ4v) is 3.05. The highest BCUT2D eigenvalue weighted by molar-refractivity contribution is 9.10. The third-order valence-electron chi connectivity index (χ3n) is 3.12. The average molecular weight is 344 g/mol. The van der Waals surface area contributed by atoms with Gasteiger partial charge in [0, 0.05) is 23.5 Å². The summed E-state index contributed by atoms with van der Waals surface area (Å²) in [5.74, 6) is 0. The zero-order chi connectivity index (χ0) is 14.2. The number of aliphatic hydroxyl groups excluding tert-OH is 1. The maximum absolute atomic E-state index is 10.4. The van der Waals surface area contributed by atoms with Crippen LogP contribution < -0.4 is 0 Å². The molecule has 1 unspecified atom stereocenters. The fraction of sp³-hybridized carbons (Fsp3) is 0.357. The molecule has 0 spiro atoms. The van der Waals surface area contributed by atoms with Crippen molar-refractivity contribution in [2.24, 2.45) is 7.05 Å². The van der Waals surface area contributed by atoms with Crippen molar-refractivity contribution in [2.45, 2.75) is 26.4 Å². The third-order valence-corrected chi connectivity index (χ3v) is 4.05. The fourth-order valence-electron chi connectivity index (χ4n) is 2.17. The van der Waals surface area contributed by atoms with Gasteiger partial charge < -0.3 is 5.11 Å². The second kappa shape index (κ2) is 5.65. The Morgan fingerprint density at radius 3 is 2.58 bits per heavy atom. The Morgan fingerprint density at radius 2 is 2.05 bits per heavy atom. The highest BCUT2D eigenvalue weighted by Crippen LogP contribution is 2.27. The largest absolute Gasteiger partial charge is 0.388 e. The number of rotatable bonds is 3. The molecule has 1 atom stereocenters. The molecule has 0 aliphatic heterocycles. The second-order valence-electron chi connectivity index (χ2n) is 4.76. The Balaban J connectivity index is 2.27. The van der Waals surface area contributed by atoms with E-state index in [9.17, 15) is 5.11 Å². The summed E-state index contributed by atoms with van der Waals surface area (Å²) >= 11 is 9.63. The van der Waals surface area contributed by atoms with E-state index in [2.05, 4.69) is 21.0 Å². The van der Waals surface area contributed by atoms with Gasteiger partial charge in [0.2, 0.25) is 0 Å². The number of aryl methyl sites for hydroxylation is 3. The topological polar surface area (TPSA) is 38.1 Å². The van der Waals surface area contributed by atoms with E-state index >= 15 is 0 Å². The van der Waals surface area contributed by atoms with E-state index in [-0.39, 0.29) is 0 Å². The number of halogens is 2. The van der Waals surface area contributed by atoms with Crippen LogP contribution in [-0.4, -0.2) is 14.9 Å². The molecule has 2 aromatic rings. The summed E-state index contributed by atoms with van der Waals surface area (Å²) in [6, 6.07) is 5.92. The Labute approximate surface area is 126 Å². The van der Waals surface area contributed by atoms with Crippen LogP contribution >= 0.6 is 27.5 Å². The zero-order valence-corrected chi connectivity index (χ0v) is 13.5. The van der Waals surface area contributed by atoms with E-state index in [0.29, 0.717) is 11.6 Å². The lowest BCUT2D eigenvalue weighted by atomic mass is 10.0. The predicted molar refractivity (Wildman–Crippen MR) is 80.5 cm³/mol. The van der Waals surface area contributed by atoms with Gasteiger partial charge in [-0.3, -0.25) is 4.68 Å². The van der Waals surface area contributed by atoms with Crippen molar-refractivity contribution < 1.29 is 5.11 Å². The molecule has 5 heteroatoms. The van der Waals surface area contributed by atoms with Crippen LogP contribution in [0.1, 0.15) is 28.5 Å². The van der Waals surface area contributed by atoms with Crippen LogP contribution in [0.2, 0.25) is 5.15 Å². The molecule has 19 heavy (non-hydrogen) atoms. The minimum absolute atomic E-state index is 0.467. The standard InChI is InChI=1S/C14H16BrClN2O/c1-8-4-10(6-11(15)5-8)13(19)7-12-9(2)17-18(3)14(12)16/h4-6,13,19H,7H2,1-3H3. The molecule has 0 saturated carbocycles. The molecule has 1 aromatic carbocycles. The van der Waals surface area contributed by atoms with Gasteiger partial charge in [-0.15, -0.1) is 0 Å². The van der Waals surface area contributed by atoms with Crippen molar-refractivity contribution in [1.29, 1.82) is 0 Å². The Kier molecular flexibility index (Phi) is 4.33. The zero-order valence-electron chi connectivity index (χ0n) is 11.1. The minimum Gasteiger partial charge on any atom is -0.388 e. The van der Waals surface area contributed by atoms with Crippen LogP contribution in [0, 0.1) is 13.8 Å². The summed E-state index contributed by atoms with van der Waals surface area (Å²) in [6.45, 7) is 3.91. The molecular formula is C14H16BrClN2O. The number of hydrogen-bond acceptors (Lipinski definition) is 2. The summed E-state index contributed by atoms with van der Waals surface area (Å²) in [7, 11) is 1.80. The molecule has 0 aliphatic rings. The van der Waals surface area contributed by atoms with Crippen molar-refractivity contribution in [1.82, 2.24) is 9.78 Å². The van der Waals surface area contributed by atoms with Crippen molar-refractivity contribution in [3.05, 3.63) is 50.2 Å². The first-order valence-corrected chi connectivity index (χ1v) is 7.18. The molecule has 0 radical (unpaired) electrons. The Hall–Kier alpha value is -0.840. The van der Waals surface area contributed by atoms with Crippen LogP contribution in [0.5, 0.6) is 0 Å². The molecule has 0 saturated heterocycles. The minimum atomic E-state index is -0.586. The summed E-state index contributed by atoms with van der Waals surface area (Å²) in [5.41, 5.74) is 3.75. The molecule has 1 N–H and O–H groups in total. The predicted octanol–water partition coefficient (Wildman–Crippen LogP) is 3.73.